The highest BCUT2D eigenvalue weighted by Crippen LogP contribution is 2.15. The topological polar surface area (TPSA) is 85.5 Å². The van der Waals surface area contributed by atoms with E-state index in [9.17, 15) is 8.42 Å². The zero-order valence-corrected chi connectivity index (χ0v) is 14.7. The number of hydrogen-bond donors (Lipinski definition) is 1. The molecule has 1 aromatic heterocycles. The van der Waals surface area contributed by atoms with Crippen LogP contribution in [0.2, 0.25) is 0 Å². The Bertz CT molecular complexity index is 731. The van der Waals surface area contributed by atoms with Gasteiger partial charge in [0.2, 0.25) is 10.0 Å². The van der Waals surface area contributed by atoms with Gasteiger partial charge in [-0.1, -0.05) is 6.07 Å². The van der Waals surface area contributed by atoms with Gasteiger partial charge in [0.15, 0.2) is 0 Å². The third kappa shape index (κ3) is 5.59. The molecule has 0 unspecified atom stereocenters. The summed E-state index contributed by atoms with van der Waals surface area (Å²) in [6.07, 6.45) is 1.79. The van der Waals surface area contributed by atoms with Gasteiger partial charge in [-0.3, -0.25) is 9.88 Å². The summed E-state index contributed by atoms with van der Waals surface area (Å²) < 4.78 is 28.1. The summed E-state index contributed by atoms with van der Waals surface area (Å²) in [5, 5.41) is 5.07. The summed E-state index contributed by atoms with van der Waals surface area (Å²) >= 11 is 0. The van der Waals surface area contributed by atoms with Crippen LogP contribution in [0.1, 0.15) is 19.5 Å². The van der Waals surface area contributed by atoms with Crippen molar-refractivity contribution in [2.75, 3.05) is 13.2 Å². The number of pyridine rings is 1. The fourth-order valence-electron chi connectivity index (χ4n) is 2.23. The van der Waals surface area contributed by atoms with Crippen LogP contribution < -0.4 is 9.88 Å². The SMILES string of the molecule is CC(C)N(CCOc1ccc(S(N)(=O)=O)cc1)Cc1ccccn1. The van der Waals surface area contributed by atoms with E-state index >= 15 is 0 Å². The Labute approximate surface area is 143 Å². The smallest absolute Gasteiger partial charge is 0.238 e. The van der Waals surface area contributed by atoms with Crippen LogP contribution in [-0.4, -0.2) is 37.5 Å². The summed E-state index contributed by atoms with van der Waals surface area (Å²) in [6.45, 7) is 6.25. The summed E-state index contributed by atoms with van der Waals surface area (Å²) in [7, 11) is -3.67. The Morgan fingerprint density at radius 3 is 2.42 bits per heavy atom. The predicted octanol–water partition coefficient (Wildman–Crippen LogP) is 2.02. The minimum absolute atomic E-state index is 0.0776. The molecular weight excluding hydrogens is 326 g/mol. The molecule has 0 bridgehead atoms. The second kappa shape index (κ2) is 8.23. The molecule has 0 aliphatic rings. The Kier molecular flexibility index (Phi) is 6.30. The lowest BCUT2D eigenvalue weighted by Gasteiger charge is -2.26. The first-order chi connectivity index (χ1) is 11.4. The van der Waals surface area contributed by atoms with Crippen molar-refractivity contribution in [1.29, 1.82) is 0 Å². The molecule has 0 radical (unpaired) electrons. The Morgan fingerprint density at radius 1 is 1.17 bits per heavy atom. The average molecular weight is 349 g/mol. The van der Waals surface area contributed by atoms with E-state index < -0.39 is 10.0 Å². The molecular formula is C17H23N3O3S. The van der Waals surface area contributed by atoms with Gasteiger partial charge in [-0.15, -0.1) is 0 Å². The average Bonchev–Trinajstić information content (AvgIpc) is 2.54. The van der Waals surface area contributed by atoms with Crippen molar-refractivity contribution < 1.29 is 13.2 Å². The molecule has 2 N–H and O–H groups in total. The number of benzene rings is 1. The molecule has 0 aliphatic carbocycles. The molecule has 24 heavy (non-hydrogen) atoms. The first-order valence-corrected chi connectivity index (χ1v) is 9.30. The van der Waals surface area contributed by atoms with Crippen molar-refractivity contribution in [2.45, 2.75) is 31.3 Å². The van der Waals surface area contributed by atoms with E-state index in [2.05, 4.69) is 23.7 Å². The summed E-state index contributed by atoms with van der Waals surface area (Å²) in [6, 6.07) is 12.3. The number of rotatable bonds is 8. The number of hydrogen-bond acceptors (Lipinski definition) is 5. The first-order valence-electron chi connectivity index (χ1n) is 7.76. The molecule has 2 rings (SSSR count). The van der Waals surface area contributed by atoms with Crippen LogP contribution in [0.4, 0.5) is 0 Å². The van der Waals surface area contributed by atoms with Gasteiger partial charge in [0, 0.05) is 25.3 Å². The van der Waals surface area contributed by atoms with E-state index in [1.165, 1.54) is 12.1 Å². The van der Waals surface area contributed by atoms with Crippen LogP contribution in [0.5, 0.6) is 5.75 Å². The lowest BCUT2D eigenvalue weighted by molar-refractivity contribution is 0.167. The quantitative estimate of drug-likeness (QED) is 0.788. The molecule has 0 spiro atoms. The minimum Gasteiger partial charge on any atom is -0.492 e. The van der Waals surface area contributed by atoms with Gasteiger partial charge >= 0.3 is 0 Å². The van der Waals surface area contributed by atoms with Gasteiger partial charge in [-0.05, 0) is 50.2 Å². The molecule has 6 nitrogen and oxygen atoms in total. The number of ether oxygens (including phenoxy) is 1. The summed E-state index contributed by atoms with van der Waals surface area (Å²) in [5.41, 5.74) is 1.02. The van der Waals surface area contributed by atoms with Gasteiger partial charge in [0.25, 0.3) is 0 Å². The highest BCUT2D eigenvalue weighted by atomic mass is 32.2. The zero-order valence-electron chi connectivity index (χ0n) is 13.9. The second-order valence-corrected chi connectivity index (χ2v) is 7.31. The van der Waals surface area contributed by atoms with Crippen molar-refractivity contribution in [1.82, 2.24) is 9.88 Å². The fourth-order valence-corrected chi connectivity index (χ4v) is 2.74. The van der Waals surface area contributed by atoms with Crippen molar-refractivity contribution >= 4 is 10.0 Å². The normalized spacial score (nSPS) is 11.9. The highest BCUT2D eigenvalue weighted by Gasteiger charge is 2.11. The lowest BCUT2D eigenvalue weighted by atomic mass is 10.2. The standard InChI is InChI=1S/C17H23N3O3S/c1-14(2)20(13-15-5-3-4-10-19-15)11-12-23-16-6-8-17(9-7-16)24(18,21)22/h3-10,14H,11-13H2,1-2H3,(H2,18,21,22). The number of primary sulfonamides is 1. The van der Waals surface area contributed by atoms with Crippen molar-refractivity contribution in [3.8, 4) is 5.75 Å². The largest absolute Gasteiger partial charge is 0.492 e. The molecule has 0 fully saturated rings. The molecule has 0 saturated carbocycles. The molecule has 1 aromatic carbocycles. The predicted molar refractivity (Wildman–Crippen MR) is 93.1 cm³/mol. The molecule has 0 saturated heterocycles. The van der Waals surface area contributed by atoms with Crippen LogP contribution in [-0.2, 0) is 16.6 Å². The van der Waals surface area contributed by atoms with E-state index in [1.54, 1.807) is 18.3 Å². The van der Waals surface area contributed by atoms with Gasteiger partial charge in [0.1, 0.15) is 12.4 Å². The van der Waals surface area contributed by atoms with Crippen molar-refractivity contribution in [3.63, 3.8) is 0 Å². The van der Waals surface area contributed by atoms with Crippen LogP contribution >= 0.6 is 0 Å². The number of sulfonamides is 1. The van der Waals surface area contributed by atoms with E-state index in [4.69, 9.17) is 9.88 Å². The third-order valence-electron chi connectivity index (χ3n) is 3.62. The number of nitrogens with two attached hydrogens (primary N) is 1. The van der Waals surface area contributed by atoms with Crippen molar-refractivity contribution in [3.05, 3.63) is 54.4 Å². The van der Waals surface area contributed by atoms with Crippen LogP contribution in [0.25, 0.3) is 0 Å². The Balaban J connectivity index is 1.88. The Hall–Kier alpha value is -1.96. The fraction of sp³-hybridized carbons (Fsp3) is 0.353. The molecule has 2 aromatic rings. The second-order valence-electron chi connectivity index (χ2n) is 5.75. The van der Waals surface area contributed by atoms with Crippen molar-refractivity contribution in [2.24, 2.45) is 5.14 Å². The molecule has 0 aliphatic heterocycles. The first kappa shape index (κ1) is 18.4. The van der Waals surface area contributed by atoms with E-state index in [-0.39, 0.29) is 4.90 Å². The lowest BCUT2D eigenvalue weighted by Crippen LogP contribution is -2.34. The maximum atomic E-state index is 11.2. The zero-order chi connectivity index (χ0) is 17.6. The monoisotopic (exact) mass is 349 g/mol. The minimum atomic E-state index is -3.67. The molecule has 130 valence electrons. The number of aromatic nitrogens is 1. The van der Waals surface area contributed by atoms with Crippen LogP contribution in [0, 0.1) is 0 Å². The van der Waals surface area contributed by atoms with E-state index in [0.29, 0.717) is 18.4 Å². The molecule has 7 heteroatoms. The third-order valence-corrected chi connectivity index (χ3v) is 4.55. The Morgan fingerprint density at radius 2 is 1.88 bits per heavy atom. The molecule has 0 amide bonds. The van der Waals surface area contributed by atoms with E-state index in [1.807, 2.05) is 18.2 Å². The maximum Gasteiger partial charge on any atom is 0.238 e. The van der Waals surface area contributed by atoms with Gasteiger partial charge in [-0.2, -0.15) is 0 Å². The van der Waals surface area contributed by atoms with E-state index in [0.717, 1.165) is 18.8 Å². The maximum absolute atomic E-state index is 11.2. The summed E-state index contributed by atoms with van der Waals surface area (Å²) in [4.78, 5) is 6.69. The highest BCUT2D eigenvalue weighted by molar-refractivity contribution is 7.89. The molecule has 0 atom stereocenters. The van der Waals surface area contributed by atoms with Gasteiger partial charge in [-0.25, -0.2) is 13.6 Å². The molecule has 1 heterocycles. The van der Waals surface area contributed by atoms with Gasteiger partial charge in [0.05, 0.1) is 10.6 Å². The summed E-state index contributed by atoms with van der Waals surface area (Å²) in [5.74, 6) is 0.615. The van der Waals surface area contributed by atoms with Crippen LogP contribution in [0.15, 0.2) is 53.6 Å². The number of nitrogens with zero attached hydrogens (tertiary/aromatic N) is 2. The van der Waals surface area contributed by atoms with Crippen LogP contribution in [0.3, 0.4) is 0 Å². The van der Waals surface area contributed by atoms with Gasteiger partial charge < -0.3 is 4.74 Å².